The lowest BCUT2D eigenvalue weighted by Crippen LogP contribution is -2.31. The number of hydrogen-bond acceptors (Lipinski definition) is 2. The van der Waals surface area contributed by atoms with Gasteiger partial charge in [0.1, 0.15) is 0 Å². The lowest BCUT2D eigenvalue weighted by Gasteiger charge is -2.21. The molecule has 2 amide bonds. The fourth-order valence-corrected chi connectivity index (χ4v) is 2.39. The Morgan fingerprint density at radius 2 is 1.72 bits per heavy atom. The third-order valence-electron chi connectivity index (χ3n) is 3.80. The first-order valence-corrected chi connectivity index (χ1v) is 8.02. The van der Waals surface area contributed by atoms with E-state index >= 15 is 0 Å². The predicted octanol–water partition coefficient (Wildman–Crippen LogP) is 3.91. The molecule has 0 bridgehead atoms. The predicted molar refractivity (Wildman–Crippen MR) is 93.5 cm³/mol. The molecule has 0 fully saturated rings. The number of nitrogens with zero attached hydrogens (tertiary/aromatic N) is 1. The molecular formula is C19H20F2N2O2. The molecule has 0 aliphatic rings. The maximum absolute atomic E-state index is 13.2. The number of aryl methyl sites for hydroxylation is 1. The minimum atomic E-state index is -1.03. The van der Waals surface area contributed by atoms with E-state index in [0.717, 1.165) is 24.1 Å². The lowest BCUT2D eigenvalue weighted by molar-refractivity contribution is -0.117. The average molecular weight is 346 g/mol. The molecule has 25 heavy (non-hydrogen) atoms. The van der Waals surface area contributed by atoms with Crippen LogP contribution in [0, 0.1) is 11.6 Å². The Morgan fingerprint density at radius 3 is 2.28 bits per heavy atom. The number of anilines is 2. The van der Waals surface area contributed by atoms with Crippen molar-refractivity contribution in [3.05, 3.63) is 59.7 Å². The van der Waals surface area contributed by atoms with Crippen LogP contribution < -0.4 is 10.2 Å². The average Bonchev–Trinajstić information content (AvgIpc) is 2.58. The van der Waals surface area contributed by atoms with E-state index in [1.165, 1.54) is 17.9 Å². The second-order valence-electron chi connectivity index (χ2n) is 5.62. The number of amides is 2. The van der Waals surface area contributed by atoms with Crippen molar-refractivity contribution in [1.29, 1.82) is 0 Å². The fourth-order valence-electron chi connectivity index (χ4n) is 2.39. The summed E-state index contributed by atoms with van der Waals surface area (Å²) in [5.41, 5.74) is 2.04. The fraction of sp³-hybridized carbons (Fsp3) is 0.263. The number of carbonyl (C=O) groups excluding carboxylic acids is 2. The zero-order chi connectivity index (χ0) is 18.4. The summed E-state index contributed by atoms with van der Waals surface area (Å²) in [6, 6.07) is 10.7. The van der Waals surface area contributed by atoms with E-state index in [2.05, 4.69) is 5.32 Å². The molecule has 0 heterocycles. The Hall–Kier alpha value is -2.76. The van der Waals surface area contributed by atoms with Gasteiger partial charge in [-0.1, -0.05) is 19.1 Å². The molecule has 0 saturated carbocycles. The highest BCUT2D eigenvalue weighted by Gasteiger charge is 2.14. The van der Waals surface area contributed by atoms with Crippen LogP contribution in [0.4, 0.5) is 20.2 Å². The molecule has 0 saturated heterocycles. The third kappa shape index (κ3) is 5.11. The van der Waals surface area contributed by atoms with Gasteiger partial charge in [-0.05, 0) is 36.2 Å². The molecule has 0 radical (unpaired) electrons. The van der Waals surface area contributed by atoms with Gasteiger partial charge in [-0.15, -0.1) is 0 Å². The first-order valence-electron chi connectivity index (χ1n) is 8.02. The van der Waals surface area contributed by atoms with Crippen LogP contribution in [-0.4, -0.2) is 18.4 Å². The number of carbonyl (C=O) groups is 2. The van der Waals surface area contributed by atoms with E-state index in [4.69, 9.17) is 0 Å². The van der Waals surface area contributed by atoms with E-state index in [-0.39, 0.29) is 30.5 Å². The van der Waals surface area contributed by atoms with Crippen LogP contribution in [0.2, 0.25) is 0 Å². The van der Waals surface area contributed by atoms with Crippen LogP contribution in [-0.2, 0) is 16.0 Å². The quantitative estimate of drug-likeness (QED) is 0.862. The molecule has 0 atom stereocenters. The lowest BCUT2D eigenvalue weighted by atomic mass is 10.1. The molecule has 6 heteroatoms. The normalized spacial score (nSPS) is 10.4. The van der Waals surface area contributed by atoms with Crippen LogP contribution in [0.15, 0.2) is 42.5 Å². The molecule has 0 aromatic heterocycles. The molecule has 4 nitrogen and oxygen atoms in total. The largest absolute Gasteiger partial charge is 0.326 e. The summed E-state index contributed by atoms with van der Waals surface area (Å²) in [6.07, 6.45) is 0.936. The van der Waals surface area contributed by atoms with E-state index < -0.39 is 11.6 Å². The summed E-state index contributed by atoms with van der Waals surface area (Å²) in [4.78, 5) is 25.4. The van der Waals surface area contributed by atoms with Crippen LogP contribution in [0.5, 0.6) is 0 Å². The van der Waals surface area contributed by atoms with Crippen LogP contribution >= 0.6 is 0 Å². The highest BCUT2D eigenvalue weighted by atomic mass is 19.2. The van der Waals surface area contributed by atoms with Gasteiger partial charge in [0.2, 0.25) is 11.8 Å². The van der Waals surface area contributed by atoms with Gasteiger partial charge >= 0.3 is 0 Å². The summed E-state index contributed by atoms with van der Waals surface area (Å²) in [6.45, 7) is 3.66. The molecule has 2 aromatic rings. The third-order valence-corrected chi connectivity index (χ3v) is 3.80. The Morgan fingerprint density at radius 1 is 1.04 bits per heavy atom. The van der Waals surface area contributed by atoms with Crippen molar-refractivity contribution < 1.29 is 18.4 Å². The van der Waals surface area contributed by atoms with E-state index in [0.29, 0.717) is 5.69 Å². The summed E-state index contributed by atoms with van der Waals surface area (Å²) >= 11 is 0. The van der Waals surface area contributed by atoms with Crippen LogP contribution in [0.25, 0.3) is 0 Å². The zero-order valence-electron chi connectivity index (χ0n) is 14.2. The van der Waals surface area contributed by atoms with Gasteiger partial charge in [0.15, 0.2) is 11.6 Å². The minimum absolute atomic E-state index is 0.0358. The second-order valence-corrected chi connectivity index (χ2v) is 5.62. The number of halogens is 2. The molecule has 2 rings (SSSR count). The first kappa shape index (κ1) is 18.6. The van der Waals surface area contributed by atoms with Crippen molar-refractivity contribution in [2.75, 3.05) is 16.8 Å². The van der Waals surface area contributed by atoms with Gasteiger partial charge < -0.3 is 10.2 Å². The monoisotopic (exact) mass is 346 g/mol. The number of nitrogens with one attached hydrogen (secondary N) is 1. The summed E-state index contributed by atoms with van der Waals surface area (Å²) < 4.78 is 26.0. The van der Waals surface area contributed by atoms with Crippen molar-refractivity contribution in [2.45, 2.75) is 26.7 Å². The molecular weight excluding hydrogens is 326 g/mol. The van der Waals surface area contributed by atoms with Gasteiger partial charge in [0, 0.05) is 37.3 Å². The number of benzene rings is 2. The molecule has 0 spiro atoms. The van der Waals surface area contributed by atoms with Crippen molar-refractivity contribution in [1.82, 2.24) is 0 Å². The van der Waals surface area contributed by atoms with E-state index in [9.17, 15) is 18.4 Å². The topological polar surface area (TPSA) is 49.4 Å². The molecule has 2 aromatic carbocycles. The van der Waals surface area contributed by atoms with Crippen molar-refractivity contribution in [3.63, 3.8) is 0 Å². The Balaban J connectivity index is 1.98. The maximum atomic E-state index is 13.2. The zero-order valence-corrected chi connectivity index (χ0v) is 14.2. The van der Waals surface area contributed by atoms with Gasteiger partial charge in [-0.2, -0.15) is 0 Å². The first-order chi connectivity index (χ1) is 11.9. The second kappa shape index (κ2) is 8.37. The highest BCUT2D eigenvalue weighted by molar-refractivity contribution is 5.94. The van der Waals surface area contributed by atoms with Crippen LogP contribution in [0.3, 0.4) is 0 Å². The highest BCUT2D eigenvalue weighted by Crippen LogP contribution is 2.17. The van der Waals surface area contributed by atoms with Gasteiger partial charge in [0.05, 0.1) is 0 Å². The van der Waals surface area contributed by atoms with Gasteiger partial charge in [-0.3, -0.25) is 9.59 Å². The van der Waals surface area contributed by atoms with Crippen molar-refractivity contribution >= 4 is 23.2 Å². The van der Waals surface area contributed by atoms with Gasteiger partial charge in [0.25, 0.3) is 0 Å². The minimum Gasteiger partial charge on any atom is -0.326 e. The molecule has 0 aliphatic carbocycles. The molecule has 1 N–H and O–H groups in total. The summed E-state index contributed by atoms with van der Waals surface area (Å²) in [7, 11) is 0. The number of hydrogen-bond donors (Lipinski definition) is 1. The molecule has 132 valence electrons. The summed E-state index contributed by atoms with van der Waals surface area (Å²) in [5.74, 6) is -2.57. The Kier molecular flexibility index (Phi) is 6.22. The summed E-state index contributed by atoms with van der Waals surface area (Å²) in [5, 5.41) is 2.49. The molecule has 0 unspecified atom stereocenters. The maximum Gasteiger partial charge on any atom is 0.226 e. The van der Waals surface area contributed by atoms with Crippen molar-refractivity contribution in [3.8, 4) is 0 Å². The smallest absolute Gasteiger partial charge is 0.226 e. The van der Waals surface area contributed by atoms with E-state index in [1.54, 1.807) is 0 Å². The van der Waals surface area contributed by atoms with Crippen molar-refractivity contribution in [2.24, 2.45) is 0 Å². The Bertz CT molecular complexity index is 761. The Labute approximate surface area is 145 Å². The number of rotatable bonds is 6. The van der Waals surface area contributed by atoms with Gasteiger partial charge in [-0.25, -0.2) is 8.78 Å². The van der Waals surface area contributed by atoms with E-state index in [1.807, 2.05) is 31.2 Å². The SMILES string of the molecule is CCc1ccc(N(CCC(=O)Nc2ccc(F)c(F)c2)C(C)=O)cc1. The van der Waals surface area contributed by atoms with Crippen LogP contribution in [0.1, 0.15) is 25.8 Å². The molecule has 0 aliphatic heterocycles. The standard InChI is InChI=1S/C19H20F2N2O2/c1-3-14-4-7-16(8-5-14)23(13(2)24)11-10-19(25)22-15-6-9-17(20)18(21)12-15/h4-9,12H,3,10-11H2,1-2H3,(H,22,25).